The zero-order valence-corrected chi connectivity index (χ0v) is 18.9. The first-order valence-corrected chi connectivity index (χ1v) is 10.8. The minimum absolute atomic E-state index is 0.0721. The van der Waals surface area contributed by atoms with Crippen molar-refractivity contribution in [2.24, 2.45) is 0 Å². The average Bonchev–Trinajstić information content (AvgIpc) is 3.37. The summed E-state index contributed by atoms with van der Waals surface area (Å²) in [7, 11) is 0. The molecule has 7 nitrogen and oxygen atoms in total. The van der Waals surface area contributed by atoms with Crippen molar-refractivity contribution in [1.82, 2.24) is 24.6 Å². The molecule has 3 heterocycles. The van der Waals surface area contributed by atoms with Crippen LogP contribution < -0.4 is 5.32 Å². The lowest BCUT2D eigenvalue weighted by atomic mass is 10.2. The highest BCUT2D eigenvalue weighted by molar-refractivity contribution is 6.30. The van der Waals surface area contributed by atoms with Crippen LogP contribution in [0.25, 0.3) is 0 Å². The van der Waals surface area contributed by atoms with Crippen LogP contribution in [0.15, 0.2) is 36.4 Å². The van der Waals surface area contributed by atoms with Gasteiger partial charge in [0.05, 0.1) is 24.0 Å². The van der Waals surface area contributed by atoms with Crippen LogP contribution in [0, 0.1) is 6.92 Å². The number of aryl methyl sites for hydroxylation is 1. The highest BCUT2D eigenvalue weighted by Gasteiger charge is 2.35. The van der Waals surface area contributed by atoms with Gasteiger partial charge in [0.2, 0.25) is 5.28 Å². The van der Waals surface area contributed by atoms with Crippen LogP contribution in [0.3, 0.4) is 0 Å². The van der Waals surface area contributed by atoms with Crippen molar-refractivity contribution in [2.75, 3.05) is 11.9 Å². The van der Waals surface area contributed by atoms with E-state index >= 15 is 0 Å². The number of halogens is 5. The zero-order valence-electron chi connectivity index (χ0n) is 17.4. The Hall–Kier alpha value is -2.85. The fourth-order valence-electron chi connectivity index (χ4n) is 3.78. The molecular formula is C21H19Cl2F3N6O. The Balaban J connectivity index is 1.54. The maximum absolute atomic E-state index is 13.0. The first-order chi connectivity index (χ1) is 15.6. The van der Waals surface area contributed by atoms with Crippen LogP contribution in [0.2, 0.25) is 10.3 Å². The Kier molecular flexibility index (Phi) is 6.49. The van der Waals surface area contributed by atoms with Gasteiger partial charge in [0, 0.05) is 11.6 Å². The summed E-state index contributed by atoms with van der Waals surface area (Å²) in [5.74, 6) is 0.532. The summed E-state index contributed by atoms with van der Waals surface area (Å²) >= 11 is 12.2. The lowest BCUT2D eigenvalue weighted by molar-refractivity contribution is -0.141. The fraction of sp³-hybridized carbons (Fsp3) is 0.333. The topological polar surface area (TPSA) is 75.9 Å². The summed E-state index contributed by atoms with van der Waals surface area (Å²) in [5.41, 5.74) is 0.201. The molecule has 3 aromatic rings. The lowest BCUT2D eigenvalue weighted by Crippen LogP contribution is -2.36. The van der Waals surface area contributed by atoms with Crippen molar-refractivity contribution < 1.29 is 18.0 Å². The second-order valence-electron chi connectivity index (χ2n) is 7.65. The molecule has 12 heteroatoms. The Morgan fingerprint density at radius 2 is 1.88 bits per heavy atom. The maximum Gasteiger partial charge on any atom is 0.433 e. The van der Waals surface area contributed by atoms with Crippen molar-refractivity contribution >= 4 is 34.9 Å². The number of urea groups is 1. The van der Waals surface area contributed by atoms with Crippen LogP contribution in [-0.4, -0.2) is 37.2 Å². The largest absolute Gasteiger partial charge is 0.433 e. The second-order valence-corrected chi connectivity index (χ2v) is 8.42. The second kappa shape index (κ2) is 9.18. The fourth-order valence-corrected chi connectivity index (χ4v) is 4.09. The molecule has 1 N–H and O–H groups in total. The Labute approximate surface area is 197 Å². The number of alkyl halides is 3. The van der Waals surface area contributed by atoms with Crippen molar-refractivity contribution in [3.63, 3.8) is 0 Å². The van der Waals surface area contributed by atoms with E-state index < -0.39 is 17.9 Å². The van der Waals surface area contributed by atoms with Crippen molar-refractivity contribution in [1.29, 1.82) is 0 Å². The van der Waals surface area contributed by atoms with Gasteiger partial charge in [-0.3, -0.25) is 4.57 Å². The number of rotatable bonds is 4. The summed E-state index contributed by atoms with van der Waals surface area (Å²) in [5, 5.41) is 11.6. The predicted octanol–water partition coefficient (Wildman–Crippen LogP) is 5.72. The average molecular weight is 499 g/mol. The molecule has 0 saturated carbocycles. The van der Waals surface area contributed by atoms with Gasteiger partial charge in [-0.25, -0.2) is 9.78 Å². The van der Waals surface area contributed by atoms with Gasteiger partial charge >= 0.3 is 12.2 Å². The molecule has 0 aliphatic carbocycles. The van der Waals surface area contributed by atoms with E-state index in [-0.39, 0.29) is 22.7 Å². The maximum atomic E-state index is 13.0. The van der Waals surface area contributed by atoms with Gasteiger partial charge in [0.15, 0.2) is 5.82 Å². The van der Waals surface area contributed by atoms with Gasteiger partial charge in [0.1, 0.15) is 5.69 Å². The minimum atomic E-state index is -4.55. The number of hydrogen-bond donors (Lipinski definition) is 1. The number of likely N-dealkylation sites (tertiary alicyclic amines) is 1. The highest BCUT2D eigenvalue weighted by Crippen LogP contribution is 2.34. The summed E-state index contributed by atoms with van der Waals surface area (Å²) in [6.45, 7) is 2.26. The van der Waals surface area contributed by atoms with E-state index in [0.717, 1.165) is 18.1 Å². The van der Waals surface area contributed by atoms with E-state index in [1.165, 1.54) is 13.0 Å². The molecule has 174 valence electrons. The smallest absolute Gasteiger partial charge is 0.314 e. The molecule has 0 bridgehead atoms. The Bertz CT molecular complexity index is 1170. The van der Waals surface area contributed by atoms with E-state index in [2.05, 4.69) is 20.5 Å². The van der Waals surface area contributed by atoms with Crippen LogP contribution in [0.5, 0.6) is 0 Å². The molecule has 1 saturated heterocycles. The van der Waals surface area contributed by atoms with Crippen molar-refractivity contribution in [2.45, 2.75) is 38.5 Å². The number of benzene rings is 1. The third-order valence-electron chi connectivity index (χ3n) is 5.42. The van der Waals surface area contributed by atoms with Gasteiger partial charge in [0.25, 0.3) is 0 Å². The van der Waals surface area contributed by atoms with Crippen LogP contribution >= 0.6 is 23.2 Å². The number of carbonyl (C=O) groups excluding carboxylic acids is 1. The zero-order chi connectivity index (χ0) is 23.8. The monoisotopic (exact) mass is 498 g/mol. The van der Waals surface area contributed by atoms with Crippen molar-refractivity contribution in [3.05, 3.63) is 69.5 Å². The number of aromatic nitrogens is 4. The Morgan fingerprint density at radius 3 is 2.55 bits per heavy atom. The Morgan fingerprint density at radius 1 is 1.15 bits per heavy atom. The number of carbonyl (C=O) groups is 1. The summed E-state index contributed by atoms with van der Waals surface area (Å²) in [4.78, 5) is 18.1. The molecule has 1 aliphatic heterocycles. The van der Waals surface area contributed by atoms with Crippen LogP contribution in [0.4, 0.5) is 23.7 Å². The lowest BCUT2D eigenvalue weighted by Gasteiger charge is -2.25. The van der Waals surface area contributed by atoms with E-state index in [0.29, 0.717) is 30.4 Å². The number of nitrogens with one attached hydrogen (secondary N) is 1. The first kappa shape index (κ1) is 23.3. The highest BCUT2D eigenvalue weighted by atomic mass is 35.5. The van der Waals surface area contributed by atoms with Gasteiger partial charge in [-0.15, -0.1) is 10.2 Å². The number of pyridine rings is 1. The van der Waals surface area contributed by atoms with Crippen LogP contribution in [0.1, 0.15) is 41.7 Å². The molecule has 1 aliphatic rings. The standard InChI is InChI=1S/C21H19Cl2F3N6O/c1-12-15(8-9-17(27-12)21(24,25)26)28-20(33)31-10-2-3-16(31)18-29-30-19(23)32(18)11-13-4-6-14(22)7-5-13/h4-9,16H,2-3,10-11H2,1H3,(H,28,33)/t16-/m1/s1. The number of amides is 2. The minimum Gasteiger partial charge on any atom is -0.314 e. The van der Waals surface area contributed by atoms with Gasteiger partial charge in [-0.05, 0) is 61.2 Å². The third-order valence-corrected chi connectivity index (χ3v) is 5.95. The SMILES string of the molecule is Cc1nc(C(F)(F)F)ccc1NC(=O)N1CCC[C@@H]1c1nnc(Cl)n1Cc1ccc(Cl)cc1. The molecule has 1 aromatic carbocycles. The molecule has 0 radical (unpaired) electrons. The third kappa shape index (κ3) is 5.06. The number of nitrogens with zero attached hydrogens (tertiary/aromatic N) is 5. The molecular weight excluding hydrogens is 480 g/mol. The van der Waals surface area contributed by atoms with Gasteiger partial charge in [-0.2, -0.15) is 13.2 Å². The molecule has 2 aromatic heterocycles. The summed E-state index contributed by atoms with van der Waals surface area (Å²) in [6.07, 6.45) is -3.18. The van der Waals surface area contributed by atoms with Crippen LogP contribution in [-0.2, 0) is 12.7 Å². The van der Waals surface area contributed by atoms with E-state index in [4.69, 9.17) is 23.2 Å². The van der Waals surface area contributed by atoms with E-state index in [1.807, 2.05) is 12.1 Å². The number of anilines is 1. The first-order valence-electron chi connectivity index (χ1n) is 10.1. The molecule has 0 unspecified atom stereocenters. The normalized spacial score (nSPS) is 16.3. The molecule has 0 spiro atoms. The predicted molar refractivity (Wildman–Crippen MR) is 117 cm³/mol. The molecule has 33 heavy (non-hydrogen) atoms. The van der Waals surface area contributed by atoms with Gasteiger partial charge < -0.3 is 10.2 Å². The quantitative estimate of drug-likeness (QED) is 0.498. The van der Waals surface area contributed by atoms with Crippen molar-refractivity contribution in [3.8, 4) is 0 Å². The molecule has 1 atom stereocenters. The molecule has 1 fully saturated rings. The van der Waals surface area contributed by atoms with E-state index in [1.54, 1.807) is 21.6 Å². The molecule has 4 rings (SSSR count). The summed E-state index contributed by atoms with van der Waals surface area (Å²) in [6, 6.07) is 8.46. The summed E-state index contributed by atoms with van der Waals surface area (Å²) < 4.78 is 40.3. The van der Waals surface area contributed by atoms with E-state index in [9.17, 15) is 18.0 Å². The molecule has 2 amide bonds. The van der Waals surface area contributed by atoms with Gasteiger partial charge in [-0.1, -0.05) is 23.7 Å². The number of hydrogen-bond acceptors (Lipinski definition) is 4.